The molecule has 3 heteroatoms. The minimum absolute atomic E-state index is 0.0406. The third kappa shape index (κ3) is 2.33. The first-order chi connectivity index (χ1) is 7.06. The third-order valence-electron chi connectivity index (χ3n) is 3.88. The van der Waals surface area contributed by atoms with Gasteiger partial charge in [0, 0.05) is 0 Å². The summed E-state index contributed by atoms with van der Waals surface area (Å²) < 4.78 is 5.78. The number of hydrogen-bond donors (Lipinski definition) is 1. The molecule has 86 valence electrons. The number of aliphatic carboxylic acids is 1. The van der Waals surface area contributed by atoms with Crippen LogP contribution in [-0.2, 0) is 9.53 Å². The van der Waals surface area contributed by atoms with Gasteiger partial charge in [-0.15, -0.1) is 0 Å². The first-order valence-corrected chi connectivity index (χ1v) is 5.93. The fraction of sp³-hybridized carbons (Fsp3) is 0.917. The van der Waals surface area contributed by atoms with E-state index in [2.05, 4.69) is 13.8 Å². The normalized spacial score (nSPS) is 45.1. The highest BCUT2D eigenvalue weighted by Crippen LogP contribution is 2.45. The minimum Gasteiger partial charge on any atom is -0.481 e. The van der Waals surface area contributed by atoms with Crippen LogP contribution in [0.25, 0.3) is 0 Å². The summed E-state index contributed by atoms with van der Waals surface area (Å²) in [7, 11) is 0. The van der Waals surface area contributed by atoms with E-state index in [0.717, 1.165) is 18.8 Å². The van der Waals surface area contributed by atoms with E-state index in [-0.39, 0.29) is 18.6 Å². The zero-order chi connectivity index (χ0) is 11.0. The quantitative estimate of drug-likeness (QED) is 0.764. The van der Waals surface area contributed by atoms with Crippen LogP contribution in [0.15, 0.2) is 0 Å². The Morgan fingerprint density at radius 3 is 2.73 bits per heavy atom. The Labute approximate surface area is 90.8 Å². The summed E-state index contributed by atoms with van der Waals surface area (Å²) in [5.41, 5.74) is 0. The summed E-state index contributed by atoms with van der Waals surface area (Å²) in [6.07, 6.45) is 3.90. The minimum atomic E-state index is -0.729. The topological polar surface area (TPSA) is 46.5 Å². The van der Waals surface area contributed by atoms with Gasteiger partial charge in [-0.25, -0.2) is 0 Å². The Morgan fingerprint density at radius 2 is 2.07 bits per heavy atom. The number of rotatable bonds is 2. The molecule has 2 fully saturated rings. The van der Waals surface area contributed by atoms with Gasteiger partial charge >= 0.3 is 5.97 Å². The lowest BCUT2D eigenvalue weighted by molar-refractivity contribution is -0.148. The number of hydrogen-bond acceptors (Lipinski definition) is 2. The summed E-state index contributed by atoms with van der Waals surface area (Å²) in [5, 5.41) is 8.86. The number of carboxylic acid groups (broad SMARTS) is 1. The molecule has 0 amide bonds. The predicted molar refractivity (Wildman–Crippen MR) is 56.6 cm³/mol. The van der Waals surface area contributed by atoms with Gasteiger partial charge in [-0.05, 0) is 43.9 Å². The van der Waals surface area contributed by atoms with Crippen LogP contribution in [0, 0.1) is 17.8 Å². The van der Waals surface area contributed by atoms with E-state index in [1.807, 2.05) is 0 Å². The molecule has 0 radical (unpaired) electrons. The van der Waals surface area contributed by atoms with Gasteiger partial charge in [0.2, 0.25) is 0 Å². The number of carboxylic acids is 1. The molecule has 0 aromatic rings. The predicted octanol–water partition coefficient (Wildman–Crippen LogP) is 2.30. The Bertz CT molecular complexity index is 251. The van der Waals surface area contributed by atoms with Crippen LogP contribution in [0.4, 0.5) is 0 Å². The Morgan fingerprint density at radius 1 is 1.33 bits per heavy atom. The second-order valence-corrected chi connectivity index (χ2v) is 5.32. The van der Waals surface area contributed by atoms with Crippen molar-refractivity contribution in [2.75, 3.05) is 0 Å². The molecule has 0 aromatic heterocycles. The van der Waals surface area contributed by atoms with Crippen molar-refractivity contribution >= 4 is 5.97 Å². The third-order valence-corrected chi connectivity index (χ3v) is 3.88. The van der Waals surface area contributed by atoms with Crippen LogP contribution in [0.5, 0.6) is 0 Å². The van der Waals surface area contributed by atoms with E-state index in [4.69, 9.17) is 9.84 Å². The number of ether oxygens (including phenoxy) is 1. The van der Waals surface area contributed by atoms with Gasteiger partial charge < -0.3 is 9.84 Å². The number of carbonyl (C=O) groups is 1. The van der Waals surface area contributed by atoms with Crippen molar-refractivity contribution in [1.82, 2.24) is 0 Å². The average molecular weight is 212 g/mol. The van der Waals surface area contributed by atoms with E-state index in [0.29, 0.717) is 11.8 Å². The Hall–Kier alpha value is -0.570. The maximum absolute atomic E-state index is 10.8. The largest absolute Gasteiger partial charge is 0.481 e. The zero-order valence-corrected chi connectivity index (χ0v) is 9.48. The van der Waals surface area contributed by atoms with Gasteiger partial charge in [0.25, 0.3) is 0 Å². The first kappa shape index (κ1) is 10.9. The van der Waals surface area contributed by atoms with Crippen LogP contribution < -0.4 is 0 Å². The van der Waals surface area contributed by atoms with Crippen LogP contribution in [0.3, 0.4) is 0 Å². The van der Waals surface area contributed by atoms with Gasteiger partial charge in [0.15, 0.2) is 0 Å². The lowest BCUT2D eigenvalue weighted by Crippen LogP contribution is -2.38. The lowest BCUT2D eigenvalue weighted by atomic mass is 9.83. The van der Waals surface area contributed by atoms with E-state index >= 15 is 0 Å². The highest BCUT2D eigenvalue weighted by Gasteiger charge is 2.43. The molecule has 5 unspecified atom stereocenters. The van der Waals surface area contributed by atoms with E-state index in [1.165, 1.54) is 6.42 Å². The fourth-order valence-electron chi connectivity index (χ4n) is 3.42. The van der Waals surface area contributed by atoms with E-state index in [1.54, 1.807) is 0 Å². The van der Waals surface area contributed by atoms with Crippen molar-refractivity contribution < 1.29 is 14.6 Å². The summed E-state index contributed by atoms with van der Waals surface area (Å²) in [5.74, 6) is 1.21. The van der Waals surface area contributed by atoms with Gasteiger partial charge in [0.1, 0.15) is 0 Å². The summed E-state index contributed by atoms with van der Waals surface area (Å²) in [6, 6.07) is 0. The van der Waals surface area contributed by atoms with Crippen molar-refractivity contribution in [3.8, 4) is 0 Å². The molecule has 0 spiro atoms. The molecular formula is C12H20O3. The summed E-state index contributed by atoms with van der Waals surface area (Å²) >= 11 is 0. The highest BCUT2D eigenvalue weighted by atomic mass is 16.5. The molecule has 1 N–H and O–H groups in total. The van der Waals surface area contributed by atoms with E-state index in [9.17, 15) is 4.79 Å². The monoisotopic (exact) mass is 212 g/mol. The van der Waals surface area contributed by atoms with Gasteiger partial charge in [0.05, 0.1) is 18.6 Å². The molecule has 1 saturated heterocycles. The Kier molecular flexibility index (Phi) is 3.01. The maximum Gasteiger partial charge on any atom is 0.305 e. The smallest absolute Gasteiger partial charge is 0.305 e. The van der Waals surface area contributed by atoms with Gasteiger partial charge in [-0.3, -0.25) is 4.79 Å². The molecule has 0 bridgehead atoms. The molecule has 15 heavy (non-hydrogen) atoms. The molecule has 2 aliphatic rings. The van der Waals surface area contributed by atoms with Crippen molar-refractivity contribution in [3.05, 3.63) is 0 Å². The molecule has 1 saturated carbocycles. The summed E-state index contributed by atoms with van der Waals surface area (Å²) in [4.78, 5) is 10.8. The molecule has 1 heterocycles. The zero-order valence-electron chi connectivity index (χ0n) is 9.48. The molecule has 1 aliphatic heterocycles. The standard InChI is InChI=1S/C12H20O3/c1-7-3-9-5-8(2)15-11(6-12(13)14)10(9)4-7/h7-11H,3-6H2,1-2H3,(H,13,14). The first-order valence-electron chi connectivity index (χ1n) is 5.93. The van der Waals surface area contributed by atoms with E-state index < -0.39 is 5.97 Å². The highest BCUT2D eigenvalue weighted by molar-refractivity contribution is 5.67. The molecular weight excluding hydrogens is 192 g/mol. The molecule has 3 nitrogen and oxygen atoms in total. The lowest BCUT2D eigenvalue weighted by Gasteiger charge is -2.37. The van der Waals surface area contributed by atoms with Crippen molar-refractivity contribution in [3.63, 3.8) is 0 Å². The van der Waals surface area contributed by atoms with Gasteiger partial charge in [-0.2, -0.15) is 0 Å². The molecule has 2 rings (SSSR count). The van der Waals surface area contributed by atoms with Crippen molar-refractivity contribution in [1.29, 1.82) is 0 Å². The maximum atomic E-state index is 10.8. The Balaban J connectivity index is 2.05. The SMILES string of the molecule is CC1CC2CC(C)OC(CC(=O)O)C2C1. The van der Waals surface area contributed by atoms with Gasteiger partial charge in [-0.1, -0.05) is 6.92 Å². The van der Waals surface area contributed by atoms with Crippen molar-refractivity contribution in [2.24, 2.45) is 17.8 Å². The van der Waals surface area contributed by atoms with Crippen LogP contribution >= 0.6 is 0 Å². The fourth-order valence-corrected chi connectivity index (χ4v) is 3.42. The van der Waals surface area contributed by atoms with Crippen LogP contribution in [-0.4, -0.2) is 23.3 Å². The second kappa shape index (κ2) is 4.12. The molecule has 5 atom stereocenters. The second-order valence-electron chi connectivity index (χ2n) is 5.32. The number of fused-ring (bicyclic) bond motifs is 1. The summed E-state index contributed by atoms with van der Waals surface area (Å²) in [6.45, 7) is 4.33. The average Bonchev–Trinajstić information content (AvgIpc) is 2.44. The molecule has 1 aliphatic carbocycles. The van der Waals surface area contributed by atoms with Crippen LogP contribution in [0.2, 0.25) is 0 Å². The van der Waals surface area contributed by atoms with Crippen molar-refractivity contribution in [2.45, 2.75) is 51.7 Å². The molecule has 0 aromatic carbocycles. The van der Waals surface area contributed by atoms with Crippen LogP contribution in [0.1, 0.15) is 39.5 Å².